The molecule has 1 aliphatic heterocycles. The maximum absolute atomic E-state index is 12.1. The number of carbonyl (C=O) groups excluding carboxylic acids is 1. The Morgan fingerprint density at radius 3 is 2.48 bits per heavy atom. The molecule has 0 aliphatic carbocycles. The predicted octanol–water partition coefficient (Wildman–Crippen LogP) is 3.43. The Labute approximate surface area is 162 Å². The van der Waals surface area contributed by atoms with Gasteiger partial charge < -0.3 is 15.1 Å². The van der Waals surface area contributed by atoms with Crippen LogP contribution in [-0.4, -0.2) is 42.3 Å². The first kappa shape index (κ1) is 17.5. The number of aromatic nitrogens is 2. The van der Waals surface area contributed by atoms with Crippen LogP contribution in [0.5, 0.6) is 0 Å². The molecule has 0 bridgehead atoms. The maximum atomic E-state index is 12.1. The summed E-state index contributed by atoms with van der Waals surface area (Å²) in [6.45, 7) is 5.80. The number of rotatable bonds is 4. The van der Waals surface area contributed by atoms with Gasteiger partial charge in [-0.05, 0) is 48.2 Å². The molecule has 6 nitrogen and oxygen atoms in total. The lowest BCUT2D eigenvalue weighted by molar-refractivity contribution is 0.103. The van der Waals surface area contributed by atoms with Crippen molar-refractivity contribution >= 4 is 34.6 Å². The number of carbonyl (C=O) groups is 1. The van der Waals surface area contributed by atoms with Crippen LogP contribution in [0.3, 0.4) is 0 Å². The van der Waals surface area contributed by atoms with E-state index in [-0.39, 0.29) is 5.91 Å². The maximum Gasteiger partial charge on any atom is 0.266 e. The van der Waals surface area contributed by atoms with E-state index in [9.17, 15) is 4.79 Å². The van der Waals surface area contributed by atoms with Gasteiger partial charge in [-0.2, -0.15) is 0 Å². The van der Waals surface area contributed by atoms with E-state index in [2.05, 4.69) is 56.5 Å². The number of benzene rings is 1. The lowest BCUT2D eigenvalue weighted by atomic mass is 10.2. The van der Waals surface area contributed by atoms with Crippen molar-refractivity contribution in [3.8, 4) is 0 Å². The fourth-order valence-electron chi connectivity index (χ4n) is 3.16. The molecule has 1 saturated heterocycles. The number of nitrogens with zero attached hydrogens (tertiary/aromatic N) is 4. The largest absolute Gasteiger partial charge is 0.368 e. The van der Waals surface area contributed by atoms with Crippen LogP contribution in [0.15, 0.2) is 53.9 Å². The summed E-state index contributed by atoms with van der Waals surface area (Å²) in [7, 11) is 0. The van der Waals surface area contributed by atoms with Crippen molar-refractivity contribution in [2.45, 2.75) is 6.92 Å². The van der Waals surface area contributed by atoms with Crippen LogP contribution < -0.4 is 15.1 Å². The van der Waals surface area contributed by atoms with E-state index in [1.807, 2.05) is 17.5 Å². The van der Waals surface area contributed by atoms with E-state index < -0.39 is 0 Å². The Balaban J connectivity index is 1.35. The Morgan fingerprint density at radius 2 is 1.81 bits per heavy atom. The summed E-state index contributed by atoms with van der Waals surface area (Å²) in [6, 6.07) is 16.0. The monoisotopic (exact) mass is 379 g/mol. The SMILES string of the molecule is Cc1cccc(N2CCN(c3ccc(NC(=O)c4cccs4)nn3)CC2)c1. The second kappa shape index (κ2) is 7.75. The summed E-state index contributed by atoms with van der Waals surface area (Å²) in [5.74, 6) is 1.15. The van der Waals surface area contributed by atoms with Crippen LogP contribution in [0.2, 0.25) is 0 Å². The van der Waals surface area contributed by atoms with Crippen LogP contribution in [0, 0.1) is 6.92 Å². The molecule has 3 heterocycles. The summed E-state index contributed by atoms with van der Waals surface area (Å²) in [4.78, 5) is 17.4. The Kier molecular flexibility index (Phi) is 5.02. The lowest BCUT2D eigenvalue weighted by Crippen LogP contribution is -2.46. The number of nitrogens with one attached hydrogen (secondary N) is 1. The Morgan fingerprint density at radius 1 is 1.00 bits per heavy atom. The van der Waals surface area contributed by atoms with E-state index in [4.69, 9.17) is 0 Å². The van der Waals surface area contributed by atoms with Crippen molar-refractivity contribution in [3.63, 3.8) is 0 Å². The molecule has 0 radical (unpaired) electrons. The van der Waals surface area contributed by atoms with Gasteiger partial charge in [-0.1, -0.05) is 18.2 Å². The van der Waals surface area contributed by atoms with Crippen LogP contribution in [0.4, 0.5) is 17.3 Å². The summed E-state index contributed by atoms with van der Waals surface area (Å²) >= 11 is 1.40. The Bertz CT molecular complexity index is 902. The van der Waals surface area contributed by atoms with Crippen LogP contribution >= 0.6 is 11.3 Å². The van der Waals surface area contributed by atoms with E-state index >= 15 is 0 Å². The Hall–Kier alpha value is -2.93. The van der Waals surface area contributed by atoms with E-state index in [0.29, 0.717) is 10.7 Å². The first-order chi connectivity index (χ1) is 13.2. The third-order valence-electron chi connectivity index (χ3n) is 4.61. The van der Waals surface area contributed by atoms with Crippen molar-refractivity contribution in [3.05, 3.63) is 64.4 Å². The predicted molar refractivity (Wildman–Crippen MR) is 110 cm³/mol. The zero-order valence-electron chi connectivity index (χ0n) is 15.1. The average molecular weight is 379 g/mol. The number of amides is 1. The van der Waals surface area contributed by atoms with Crippen molar-refractivity contribution < 1.29 is 4.79 Å². The van der Waals surface area contributed by atoms with Gasteiger partial charge in [-0.15, -0.1) is 21.5 Å². The van der Waals surface area contributed by atoms with Crippen molar-refractivity contribution in [2.75, 3.05) is 41.3 Å². The molecule has 0 unspecified atom stereocenters. The highest BCUT2D eigenvalue weighted by Crippen LogP contribution is 2.20. The minimum absolute atomic E-state index is 0.154. The van der Waals surface area contributed by atoms with Gasteiger partial charge >= 0.3 is 0 Å². The topological polar surface area (TPSA) is 61.4 Å². The molecule has 27 heavy (non-hydrogen) atoms. The zero-order valence-corrected chi connectivity index (χ0v) is 15.9. The molecular weight excluding hydrogens is 358 g/mol. The number of hydrogen-bond donors (Lipinski definition) is 1. The van der Waals surface area contributed by atoms with Crippen LogP contribution in [-0.2, 0) is 0 Å². The summed E-state index contributed by atoms with van der Waals surface area (Å²) in [6.07, 6.45) is 0. The van der Waals surface area contributed by atoms with Gasteiger partial charge in [-0.3, -0.25) is 4.79 Å². The van der Waals surface area contributed by atoms with Gasteiger partial charge in [0.25, 0.3) is 5.91 Å². The average Bonchev–Trinajstić information content (AvgIpc) is 3.24. The van der Waals surface area contributed by atoms with E-state index in [0.717, 1.165) is 32.0 Å². The summed E-state index contributed by atoms with van der Waals surface area (Å²) in [5, 5.41) is 13.1. The van der Waals surface area contributed by atoms with Crippen LogP contribution in [0.25, 0.3) is 0 Å². The molecular formula is C20H21N5OS. The normalized spacial score (nSPS) is 14.3. The molecule has 1 amide bonds. The lowest BCUT2D eigenvalue weighted by Gasteiger charge is -2.36. The minimum atomic E-state index is -0.154. The molecule has 1 aromatic carbocycles. The first-order valence-electron chi connectivity index (χ1n) is 8.94. The molecule has 2 aromatic heterocycles. The minimum Gasteiger partial charge on any atom is -0.368 e. The van der Waals surface area contributed by atoms with Crippen LogP contribution in [0.1, 0.15) is 15.2 Å². The molecule has 1 fully saturated rings. The van der Waals surface area contributed by atoms with Crippen molar-refractivity contribution in [1.82, 2.24) is 10.2 Å². The number of hydrogen-bond acceptors (Lipinski definition) is 6. The molecule has 138 valence electrons. The third-order valence-corrected chi connectivity index (χ3v) is 5.48. The number of piperazine rings is 1. The molecule has 1 N–H and O–H groups in total. The van der Waals surface area contributed by atoms with Gasteiger partial charge in [0.15, 0.2) is 11.6 Å². The fourth-order valence-corrected chi connectivity index (χ4v) is 3.78. The summed E-state index contributed by atoms with van der Waals surface area (Å²) < 4.78 is 0. The highest BCUT2D eigenvalue weighted by molar-refractivity contribution is 7.12. The van der Waals surface area contributed by atoms with Crippen molar-refractivity contribution in [1.29, 1.82) is 0 Å². The highest BCUT2D eigenvalue weighted by atomic mass is 32.1. The number of anilines is 3. The fraction of sp³-hybridized carbons (Fsp3) is 0.250. The van der Waals surface area contributed by atoms with E-state index in [1.54, 1.807) is 12.1 Å². The number of aryl methyl sites for hydroxylation is 1. The van der Waals surface area contributed by atoms with Gasteiger partial charge in [0, 0.05) is 31.9 Å². The first-order valence-corrected chi connectivity index (χ1v) is 9.82. The second-order valence-electron chi connectivity index (χ2n) is 6.52. The van der Waals surface area contributed by atoms with Gasteiger partial charge in [0.05, 0.1) is 4.88 Å². The molecule has 0 spiro atoms. The molecule has 0 atom stereocenters. The molecule has 4 rings (SSSR count). The quantitative estimate of drug-likeness (QED) is 0.753. The standard InChI is InChI=1S/C20H21N5OS/c1-15-4-2-5-16(14-15)24-9-11-25(12-10-24)19-8-7-18(22-23-19)21-20(26)17-6-3-13-27-17/h2-8,13-14H,9-12H2,1H3,(H,21,22,26). The molecule has 7 heteroatoms. The molecule has 1 aliphatic rings. The molecule has 3 aromatic rings. The zero-order chi connectivity index (χ0) is 18.6. The van der Waals surface area contributed by atoms with Gasteiger partial charge in [0.1, 0.15) is 0 Å². The highest BCUT2D eigenvalue weighted by Gasteiger charge is 2.19. The van der Waals surface area contributed by atoms with E-state index in [1.165, 1.54) is 22.6 Å². The van der Waals surface area contributed by atoms with Gasteiger partial charge in [-0.25, -0.2) is 0 Å². The summed E-state index contributed by atoms with van der Waals surface area (Å²) in [5.41, 5.74) is 2.55. The number of thiophene rings is 1. The third kappa shape index (κ3) is 4.09. The van der Waals surface area contributed by atoms with Crippen molar-refractivity contribution in [2.24, 2.45) is 0 Å². The second-order valence-corrected chi connectivity index (χ2v) is 7.47. The molecule has 0 saturated carbocycles. The smallest absolute Gasteiger partial charge is 0.266 e. The van der Waals surface area contributed by atoms with Gasteiger partial charge in [0.2, 0.25) is 0 Å².